The van der Waals surface area contributed by atoms with Gasteiger partial charge in [0.2, 0.25) is 0 Å². The van der Waals surface area contributed by atoms with E-state index in [2.05, 4.69) is 9.88 Å². The fraction of sp³-hybridized carbons (Fsp3) is 0.296. The van der Waals surface area contributed by atoms with Crippen LogP contribution in [-0.4, -0.2) is 58.5 Å². The van der Waals surface area contributed by atoms with Crippen molar-refractivity contribution < 1.29 is 13.9 Å². The van der Waals surface area contributed by atoms with Gasteiger partial charge in [-0.1, -0.05) is 0 Å². The minimum atomic E-state index is -0.0558. The standard InChI is InChI=1S/C27H30N4O4.ClH/c1-29(27(33)23-10-17-34-20-23)14-15-31(19-21-8-11-28-12-9-21)13-3-16-35-24-5-6-25-22(18-24)4-7-26(32)30(25)2;/h4-12,17-18,20H,3,13-16,19H2,1-2H3;1H. The Labute approximate surface area is 216 Å². The van der Waals surface area contributed by atoms with Gasteiger partial charge in [0.05, 0.1) is 24.0 Å². The minimum Gasteiger partial charge on any atom is -0.494 e. The van der Waals surface area contributed by atoms with Gasteiger partial charge in [-0.25, -0.2) is 0 Å². The normalized spacial score (nSPS) is 10.9. The first-order chi connectivity index (χ1) is 17.0. The van der Waals surface area contributed by atoms with Crippen molar-refractivity contribution in [2.24, 2.45) is 7.05 Å². The SMILES string of the molecule is CN(CCN(CCCOc1ccc2c(ccc(=O)n2C)c1)Cc1ccncc1)C(=O)c1ccoc1.Cl. The number of aromatic nitrogens is 2. The highest BCUT2D eigenvalue weighted by molar-refractivity contribution is 5.93. The summed E-state index contributed by atoms with van der Waals surface area (Å²) < 4.78 is 12.7. The number of hydrogen-bond donors (Lipinski definition) is 0. The van der Waals surface area contributed by atoms with Gasteiger partial charge in [-0.3, -0.25) is 19.5 Å². The number of aryl methyl sites for hydroxylation is 1. The van der Waals surface area contributed by atoms with Crippen molar-refractivity contribution in [2.75, 3.05) is 33.3 Å². The molecule has 0 unspecified atom stereocenters. The first kappa shape index (κ1) is 27.0. The van der Waals surface area contributed by atoms with Crippen LogP contribution in [0.15, 0.2) is 82.7 Å². The highest BCUT2D eigenvalue weighted by atomic mass is 35.5. The van der Waals surface area contributed by atoms with Crippen LogP contribution in [0.1, 0.15) is 22.3 Å². The van der Waals surface area contributed by atoms with Gasteiger partial charge in [0.25, 0.3) is 11.5 Å². The average Bonchev–Trinajstić information content (AvgIpc) is 3.42. The number of amides is 1. The molecule has 0 spiro atoms. The van der Waals surface area contributed by atoms with Gasteiger partial charge in [0, 0.05) is 64.1 Å². The number of halogens is 1. The van der Waals surface area contributed by atoms with Gasteiger partial charge in [-0.05, 0) is 54.4 Å². The lowest BCUT2D eigenvalue weighted by molar-refractivity contribution is 0.0773. The van der Waals surface area contributed by atoms with Gasteiger partial charge in [-0.15, -0.1) is 12.4 Å². The van der Waals surface area contributed by atoms with Gasteiger partial charge in [-0.2, -0.15) is 0 Å². The summed E-state index contributed by atoms with van der Waals surface area (Å²) in [6.07, 6.45) is 7.39. The lowest BCUT2D eigenvalue weighted by atomic mass is 10.2. The smallest absolute Gasteiger partial charge is 0.256 e. The molecule has 3 heterocycles. The molecule has 0 bridgehead atoms. The molecule has 0 aliphatic rings. The van der Waals surface area contributed by atoms with E-state index in [-0.39, 0.29) is 23.9 Å². The second-order valence-corrected chi connectivity index (χ2v) is 8.52. The van der Waals surface area contributed by atoms with E-state index in [1.54, 1.807) is 48.1 Å². The predicted octanol–water partition coefficient (Wildman–Crippen LogP) is 3.99. The topological polar surface area (TPSA) is 80.8 Å². The van der Waals surface area contributed by atoms with Crippen molar-refractivity contribution in [3.63, 3.8) is 0 Å². The average molecular weight is 511 g/mol. The van der Waals surface area contributed by atoms with Crippen LogP contribution in [0.4, 0.5) is 0 Å². The number of hydrogen-bond acceptors (Lipinski definition) is 6. The molecule has 1 amide bonds. The molecule has 4 rings (SSSR count). The molecule has 1 aromatic carbocycles. The number of fused-ring (bicyclic) bond motifs is 1. The Morgan fingerprint density at radius 2 is 1.86 bits per heavy atom. The Bertz CT molecular complexity index is 1310. The number of carbonyl (C=O) groups is 1. The molecule has 3 aromatic heterocycles. The second-order valence-electron chi connectivity index (χ2n) is 8.52. The number of furan rings is 1. The number of rotatable bonds is 11. The Balaban J connectivity index is 0.00000361. The minimum absolute atomic E-state index is 0. The van der Waals surface area contributed by atoms with Crippen LogP contribution in [0.2, 0.25) is 0 Å². The summed E-state index contributed by atoms with van der Waals surface area (Å²) >= 11 is 0. The predicted molar refractivity (Wildman–Crippen MR) is 142 cm³/mol. The van der Waals surface area contributed by atoms with E-state index < -0.39 is 0 Å². The third-order valence-corrected chi connectivity index (χ3v) is 6.01. The molecular weight excluding hydrogens is 480 g/mol. The van der Waals surface area contributed by atoms with Crippen molar-refractivity contribution in [3.05, 3.63) is 94.9 Å². The zero-order valence-corrected chi connectivity index (χ0v) is 21.3. The highest BCUT2D eigenvalue weighted by Gasteiger charge is 2.15. The second kappa shape index (κ2) is 12.9. The number of benzene rings is 1. The summed E-state index contributed by atoms with van der Waals surface area (Å²) in [6.45, 7) is 3.47. The van der Waals surface area contributed by atoms with Gasteiger partial charge in [0.15, 0.2) is 0 Å². The Kier molecular flexibility index (Phi) is 9.67. The maximum atomic E-state index is 12.5. The molecule has 0 saturated carbocycles. The van der Waals surface area contributed by atoms with Crippen LogP contribution < -0.4 is 10.3 Å². The highest BCUT2D eigenvalue weighted by Crippen LogP contribution is 2.19. The Hall–Kier alpha value is -3.62. The number of likely N-dealkylation sites (N-methyl/N-ethyl adjacent to an activating group) is 1. The van der Waals surface area contributed by atoms with Crippen LogP contribution in [0.3, 0.4) is 0 Å². The molecule has 190 valence electrons. The fourth-order valence-corrected chi connectivity index (χ4v) is 3.95. The quantitative estimate of drug-likeness (QED) is 0.284. The third kappa shape index (κ3) is 6.96. The summed E-state index contributed by atoms with van der Waals surface area (Å²) in [5, 5.41) is 0.967. The zero-order chi connectivity index (χ0) is 24.6. The Morgan fingerprint density at radius 1 is 1.06 bits per heavy atom. The molecule has 4 aromatic rings. The maximum Gasteiger partial charge on any atom is 0.256 e. The van der Waals surface area contributed by atoms with E-state index in [1.807, 2.05) is 36.4 Å². The summed E-state index contributed by atoms with van der Waals surface area (Å²) in [5.41, 5.74) is 2.57. The first-order valence-electron chi connectivity index (χ1n) is 11.6. The number of carbonyl (C=O) groups excluding carboxylic acids is 1. The summed E-state index contributed by atoms with van der Waals surface area (Å²) in [6, 6.07) is 14.8. The van der Waals surface area contributed by atoms with Gasteiger partial charge < -0.3 is 18.6 Å². The molecule has 0 saturated heterocycles. The van der Waals surface area contributed by atoms with E-state index in [4.69, 9.17) is 9.15 Å². The molecule has 9 heteroatoms. The van der Waals surface area contributed by atoms with Crippen LogP contribution >= 0.6 is 12.4 Å². The molecule has 0 aliphatic heterocycles. The van der Waals surface area contributed by atoms with E-state index >= 15 is 0 Å². The lowest BCUT2D eigenvalue weighted by Crippen LogP contribution is -2.36. The van der Waals surface area contributed by atoms with Crippen molar-refractivity contribution >= 4 is 29.2 Å². The maximum absolute atomic E-state index is 12.5. The first-order valence-corrected chi connectivity index (χ1v) is 11.6. The Morgan fingerprint density at radius 3 is 2.61 bits per heavy atom. The fourth-order valence-electron chi connectivity index (χ4n) is 3.95. The largest absolute Gasteiger partial charge is 0.494 e. The van der Waals surface area contributed by atoms with Crippen molar-refractivity contribution in [1.29, 1.82) is 0 Å². The van der Waals surface area contributed by atoms with Crippen LogP contribution in [0.25, 0.3) is 10.9 Å². The van der Waals surface area contributed by atoms with Crippen LogP contribution in [0.5, 0.6) is 5.75 Å². The van der Waals surface area contributed by atoms with Crippen molar-refractivity contribution in [1.82, 2.24) is 19.4 Å². The lowest BCUT2D eigenvalue weighted by Gasteiger charge is -2.25. The molecule has 0 fully saturated rings. The monoisotopic (exact) mass is 510 g/mol. The molecule has 36 heavy (non-hydrogen) atoms. The van der Waals surface area contributed by atoms with Crippen LogP contribution in [-0.2, 0) is 13.6 Å². The molecule has 0 aliphatic carbocycles. The zero-order valence-electron chi connectivity index (χ0n) is 20.5. The third-order valence-electron chi connectivity index (χ3n) is 6.01. The summed E-state index contributed by atoms with van der Waals surface area (Å²) in [7, 11) is 3.57. The van der Waals surface area contributed by atoms with Crippen LogP contribution in [0, 0.1) is 0 Å². The van der Waals surface area contributed by atoms with E-state index in [9.17, 15) is 9.59 Å². The number of pyridine rings is 2. The van der Waals surface area contributed by atoms with E-state index in [0.29, 0.717) is 18.7 Å². The number of ether oxygens (including phenoxy) is 1. The number of nitrogens with zero attached hydrogens (tertiary/aromatic N) is 4. The summed E-state index contributed by atoms with van der Waals surface area (Å²) in [5.74, 6) is 0.724. The van der Waals surface area contributed by atoms with Crippen molar-refractivity contribution in [2.45, 2.75) is 13.0 Å². The molecule has 0 N–H and O–H groups in total. The molecular formula is C27H31ClN4O4. The van der Waals surface area contributed by atoms with Crippen molar-refractivity contribution in [3.8, 4) is 5.75 Å². The van der Waals surface area contributed by atoms with Gasteiger partial charge >= 0.3 is 0 Å². The molecule has 8 nitrogen and oxygen atoms in total. The van der Waals surface area contributed by atoms with E-state index in [1.165, 1.54) is 18.1 Å². The van der Waals surface area contributed by atoms with Gasteiger partial charge in [0.1, 0.15) is 12.0 Å². The molecule has 0 radical (unpaired) electrons. The molecule has 0 atom stereocenters. The summed E-state index contributed by atoms with van der Waals surface area (Å²) in [4.78, 5) is 32.5. The van der Waals surface area contributed by atoms with E-state index in [0.717, 1.165) is 42.7 Å².